The molecule has 0 aliphatic carbocycles. The maximum absolute atomic E-state index is 12.1. The number of benzene rings is 1. The lowest BCUT2D eigenvalue weighted by molar-refractivity contribution is -0.124. The zero-order chi connectivity index (χ0) is 13.0. The van der Waals surface area contributed by atoms with Gasteiger partial charge in [-0.2, -0.15) is 0 Å². The molecule has 1 fully saturated rings. The second-order valence-electron chi connectivity index (χ2n) is 4.78. The molecule has 18 heavy (non-hydrogen) atoms. The van der Waals surface area contributed by atoms with Crippen LogP contribution in [-0.2, 0) is 4.79 Å². The third-order valence-corrected chi connectivity index (χ3v) is 3.88. The van der Waals surface area contributed by atoms with Crippen molar-refractivity contribution in [2.24, 2.45) is 0 Å². The number of rotatable bonds is 3. The number of hydrogen-bond donors (Lipinski definition) is 2. The van der Waals surface area contributed by atoms with Crippen LogP contribution in [0, 0.1) is 0 Å². The normalized spacial score (nSPS) is 21.3. The summed E-state index contributed by atoms with van der Waals surface area (Å²) >= 11 is 3.41. The van der Waals surface area contributed by atoms with Gasteiger partial charge in [0.1, 0.15) is 0 Å². The third-order valence-electron chi connectivity index (χ3n) is 3.36. The molecule has 0 bridgehead atoms. The van der Waals surface area contributed by atoms with Crippen LogP contribution in [0.2, 0.25) is 0 Å². The van der Waals surface area contributed by atoms with Gasteiger partial charge >= 0.3 is 0 Å². The lowest BCUT2D eigenvalue weighted by atomic mass is 10.0. The molecule has 3 nitrogen and oxygen atoms in total. The Balaban J connectivity index is 1.91. The molecule has 0 aromatic heterocycles. The molecule has 2 N–H and O–H groups in total. The van der Waals surface area contributed by atoms with Crippen molar-refractivity contribution in [1.82, 2.24) is 10.6 Å². The number of hydrogen-bond acceptors (Lipinski definition) is 2. The first-order valence-corrected chi connectivity index (χ1v) is 7.25. The molecule has 1 heterocycles. The fourth-order valence-corrected chi connectivity index (χ4v) is 2.49. The number of amides is 1. The Hall–Kier alpha value is -0.870. The van der Waals surface area contributed by atoms with Gasteiger partial charge in [0.05, 0.1) is 12.1 Å². The van der Waals surface area contributed by atoms with Gasteiger partial charge in [0.2, 0.25) is 5.91 Å². The lowest BCUT2D eigenvalue weighted by Gasteiger charge is -2.24. The maximum Gasteiger partial charge on any atom is 0.237 e. The zero-order valence-corrected chi connectivity index (χ0v) is 12.2. The predicted molar refractivity (Wildman–Crippen MR) is 76.3 cm³/mol. The SMILES string of the molecule is CC(NC(=O)[C@H]1CCCCN1)c1ccc(Br)cc1. The van der Waals surface area contributed by atoms with Gasteiger partial charge in [-0.3, -0.25) is 4.79 Å². The summed E-state index contributed by atoms with van der Waals surface area (Å²) in [6, 6.07) is 8.09. The Morgan fingerprint density at radius 1 is 1.39 bits per heavy atom. The van der Waals surface area contributed by atoms with E-state index in [9.17, 15) is 4.79 Å². The molecule has 1 aliphatic heterocycles. The van der Waals surface area contributed by atoms with Gasteiger partial charge in [0, 0.05) is 4.47 Å². The van der Waals surface area contributed by atoms with E-state index in [-0.39, 0.29) is 18.0 Å². The van der Waals surface area contributed by atoms with Gasteiger partial charge < -0.3 is 10.6 Å². The summed E-state index contributed by atoms with van der Waals surface area (Å²) in [4.78, 5) is 12.1. The van der Waals surface area contributed by atoms with Crippen molar-refractivity contribution in [2.45, 2.75) is 38.3 Å². The summed E-state index contributed by atoms with van der Waals surface area (Å²) in [5.74, 6) is 0.116. The van der Waals surface area contributed by atoms with E-state index in [4.69, 9.17) is 0 Å². The molecule has 1 aromatic carbocycles. The second kappa shape index (κ2) is 6.34. The van der Waals surface area contributed by atoms with Crippen molar-refractivity contribution in [3.05, 3.63) is 34.3 Å². The standard InChI is InChI=1S/C14H19BrN2O/c1-10(11-5-7-12(15)8-6-11)17-14(18)13-4-2-3-9-16-13/h5-8,10,13,16H,2-4,9H2,1H3,(H,17,18)/t10?,13-/m1/s1. The Bertz CT molecular complexity index is 399. The molecule has 4 heteroatoms. The van der Waals surface area contributed by atoms with Crippen LogP contribution in [0.1, 0.15) is 37.8 Å². The smallest absolute Gasteiger partial charge is 0.237 e. The minimum Gasteiger partial charge on any atom is -0.348 e. The van der Waals surface area contributed by atoms with E-state index in [0.29, 0.717) is 0 Å². The average Bonchev–Trinajstić information content (AvgIpc) is 2.40. The second-order valence-corrected chi connectivity index (χ2v) is 5.70. The fourth-order valence-electron chi connectivity index (χ4n) is 2.22. The van der Waals surface area contributed by atoms with Crippen LogP contribution in [-0.4, -0.2) is 18.5 Å². The fraction of sp³-hybridized carbons (Fsp3) is 0.500. The topological polar surface area (TPSA) is 41.1 Å². The maximum atomic E-state index is 12.1. The molecule has 1 unspecified atom stereocenters. The van der Waals surface area contributed by atoms with Crippen molar-refractivity contribution >= 4 is 21.8 Å². The largest absolute Gasteiger partial charge is 0.348 e. The number of carbonyl (C=O) groups excluding carboxylic acids is 1. The summed E-state index contributed by atoms with van der Waals surface area (Å²) in [5.41, 5.74) is 1.13. The molecular formula is C14H19BrN2O. The van der Waals surface area contributed by atoms with Gasteiger partial charge in [-0.15, -0.1) is 0 Å². The van der Waals surface area contributed by atoms with Gasteiger partial charge in [-0.05, 0) is 44.0 Å². The highest BCUT2D eigenvalue weighted by molar-refractivity contribution is 9.10. The van der Waals surface area contributed by atoms with Gasteiger partial charge in [-0.25, -0.2) is 0 Å². The highest BCUT2D eigenvalue weighted by Gasteiger charge is 2.21. The van der Waals surface area contributed by atoms with E-state index in [1.807, 2.05) is 31.2 Å². The van der Waals surface area contributed by atoms with Crippen molar-refractivity contribution in [2.75, 3.05) is 6.54 Å². The quantitative estimate of drug-likeness (QED) is 0.901. The van der Waals surface area contributed by atoms with Crippen LogP contribution < -0.4 is 10.6 Å². The number of nitrogens with one attached hydrogen (secondary N) is 2. The van der Waals surface area contributed by atoms with Gasteiger partial charge in [0.25, 0.3) is 0 Å². The van der Waals surface area contributed by atoms with Crippen molar-refractivity contribution in [1.29, 1.82) is 0 Å². The summed E-state index contributed by atoms with van der Waals surface area (Å²) in [7, 11) is 0. The molecule has 1 saturated heterocycles. The molecule has 98 valence electrons. The van der Waals surface area contributed by atoms with Crippen LogP contribution in [0.25, 0.3) is 0 Å². The van der Waals surface area contributed by atoms with Crippen LogP contribution in [0.5, 0.6) is 0 Å². The van der Waals surface area contributed by atoms with E-state index in [0.717, 1.165) is 29.4 Å². The first-order valence-electron chi connectivity index (χ1n) is 6.46. The summed E-state index contributed by atoms with van der Waals surface area (Å²) in [6.07, 6.45) is 3.25. The molecule has 1 aromatic rings. The minimum atomic E-state index is -0.0170. The van der Waals surface area contributed by atoms with E-state index >= 15 is 0 Å². The van der Waals surface area contributed by atoms with E-state index < -0.39 is 0 Å². The van der Waals surface area contributed by atoms with Crippen molar-refractivity contribution < 1.29 is 4.79 Å². The zero-order valence-electron chi connectivity index (χ0n) is 10.6. The summed E-state index contributed by atoms with van der Waals surface area (Å²) in [5, 5.41) is 6.33. The molecular weight excluding hydrogens is 292 g/mol. The van der Waals surface area contributed by atoms with E-state index in [1.54, 1.807) is 0 Å². The predicted octanol–water partition coefficient (Wildman–Crippen LogP) is 2.77. The molecule has 0 radical (unpaired) electrons. The Morgan fingerprint density at radius 2 is 2.11 bits per heavy atom. The van der Waals surface area contributed by atoms with E-state index in [2.05, 4.69) is 26.6 Å². The van der Waals surface area contributed by atoms with Gasteiger partial charge in [0.15, 0.2) is 0 Å². The third kappa shape index (κ3) is 3.56. The molecule has 2 atom stereocenters. The highest BCUT2D eigenvalue weighted by atomic mass is 79.9. The summed E-state index contributed by atoms with van der Waals surface area (Å²) < 4.78 is 1.05. The number of carbonyl (C=O) groups is 1. The molecule has 0 spiro atoms. The van der Waals surface area contributed by atoms with Crippen LogP contribution >= 0.6 is 15.9 Å². The Kier molecular flexibility index (Phi) is 4.78. The molecule has 1 aliphatic rings. The molecule has 0 saturated carbocycles. The highest BCUT2D eigenvalue weighted by Crippen LogP contribution is 2.17. The van der Waals surface area contributed by atoms with Crippen LogP contribution in [0.3, 0.4) is 0 Å². The number of piperidine rings is 1. The lowest BCUT2D eigenvalue weighted by Crippen LogP contribution is -2.47. The van der Waals surface area contributed by atoms with Crippen molar-refractivity contribution in [3.63, 3.8) is 0 Å². The number of halogens is 1. The molecule has 1 amide bonds. The first kappa shape index (κ1) is 13.6. The van der Waals surface area contributed by atoms with E-state index in [1.165, 1.54) is 6.42 Å². The van der Waals surface area contributed by atoms with Crippen molar-refractivity contribution in [3.8, 4) is 0 Å². The Labute approximate surface area is 116 Å². The van der Waals surface area contributed by atoms with Gasteiger partial charge in [-0.1, -0.05) is 34.5 Å². The van der Waals surface area contributed by atoms with Crippen LogP contribution in [0.15, 0.2) is 28.7 Å². The monoisotopic (exact) mass is 310 g/mol. The average molecular weight is 311 g/mol. The minimum absolute atomic E-state index is 0.0170. The summed E-state index contributed by atoms with van der Waals surface area (Å²) in [6.45, 7) is 2.97. The Morgan fingerprint density at radius 3 is 2.72 bits per heavy atom. The van der Waals surface area contributed by atoms with Crippen LogP contribution in [0.4, 0.5) is 0 Å². The first-order chi connectivity index (χ1) is 8.66. The molecule has 2 rings (SSSR count).